The average molecular weight is 348 g/mol. The average Bonchev–Trinajstić information content (AvgIpc) is 3.23. The number of nitrogen functional groups attached to an aromatic ring is 1. The Kier molecular flexibility index (Phi) is 3.68. The van der Waals surface area contributed by atoms with Gasteiger partial charge in [-0.3, -0.25) is 0 Å². The van der Waals surface area contributed by atoms with Crippen LogP contribution in [0, 0.1) is 11.3 Å². The second-order valence-corrected chi connectivity index (χ2v) is 6.79. The Morgan fingerprint density at radius 1 is 1.40 bits per heavy atom. The molecule has 5 heteroatoms. The predicted octanol–water partition coefficient (Wildman–Crippen LogP) is 4.45. The van der Waals surface area contributed by atoms with Gasteiger partial charge in [-0.05, 0) is 30.4 Å². The SMILES string of the molecule is N#Cc1sc(NCc2ccccc2Br)c(C2CC2)c1N. The van der Waals surface area contributed by atoms with E-state index < -0.39 is 0 Å². The van der Waals surface area contributed by atoms with E-state index in [4.69, 9.17) is 11.0 Å². The van der Waals surface area contributed by atoms with Crippen LogP contribution in [-0.4, -0.2) is 0 Å². The fourth-order valence-electron chi connectivity index (χ4n) is 2.27. The number of nitriles is 1. The second kappa shape index (κ2) is 5.47. The number of hydrogen-bond donors (Lipinski definition) is 2. The molecule has 1 fully saturated rings. The van der Waals surface area contributed by atoms with Crippen molar-refractivity contribution in [3.05, 3.63) is 44.7 Å². The Labute approximate surface area is 130 Å². The third kappa shape index (κ3) is 2.54. The van der Waals surface area contributed by atoms with Crippen LogP contribution in [0.25, 0.3) is 0 Å². The highest BCUT2D eigenvalue weighted by Crippen LogP contribution is 2.50. The van der Waals surface area contributed by atoms with E-state index in [-0.39, 0.29) is 0 Å². The summed E-state index contributed by atoms with van der Waals surface area (Å²) in [4.78, 5) is 0.626. The van der Waals surface area contributed by atoms with Crippen molar-refractivity contribution in [3.8, 4) is 6.07 Å². The first-order chi connectivity index (χ1) is 9.70. The van der Waals surface area contributed by atoms with E-state index in [1.807, 2.05) is 18.2 Å². The van der Waals surface area contributed by atoms with Crippen LogP contribution in [0.4, 0.5) is 10.7 Å². The van der Waals surface area contributed by atoms with E-state index >= 15 is 0 Å². The number of thiophene rings is 1. The van der Waals surface area contributed by atoms with Gasteiger partial charge in [0.05, 0.1) is 10.7 Å². The molecule has 1 heterocycles. The van der Waals surface area contributed by atoms with Crippen LogP contribution in [0.5, 0.6) is 0 Å². The minimum Gasteiger partial charge on any atom is -0.397 e. The number of rotatable bonds is 4. The number of nitrogens with one attached hydrogen (secondary N) is 1. The highest BCUT2D eigenvalue weighted by atomic mass is 79.9. The van der Waals surface area contributed by atoms with Crippen molar-refractivity contribution >= 4 is 38.0 Å². The minimum absolute atomic E-state index is 0.537. The summed E-state index contributed by atoms with van der Waals surface area (Å²) in [5, 5.41) is 13.6. The molecular formula is C15H14BrN3S. The molecule has 2 aromatic rings. The Morgan fingerprint density at radius 2 is 2.15 bits per heavy atom. The quantitative estimate of drug-likeness (QED) is 0.858. The van der Waals surface area contributed by atoms with Gasteiger partial charge in [0.1, 0.15) is 10.9 Å². The van der Waals surface area contributed by atoms with E-state index in [2.05, 4.69) is 33.4 Å². The molecule has 0 saturated heterocycles. The molecular weight excluding hydrogens is 334 g/mol. The molecule has 1 aliphatic carbocycles. The van der Waals surface area contributed by atoms with Crippen LogP contribution < -0.4 is 11.1 Å². The zero-order chi connectivity index (χ0) is 14.1. The number of nitrogens with two attached hydrogens (primary N) is 1. The molecule has 0 amide bonds. The zero-order valence-corrected chi connectivity index (χ0v) is 13.2. The Balaban J connectivity index is 1.84. The lowest BCUT2D eigenvalue weighted by molar-refractivity contribution is 1.10. The van der Waals surface area contributed by atoms with Crippen molar-refractivity contribution in [3.63, 3.8) is 0 Å². The van der Waals surface area contributed by atoms with Crippen LogP contribution in [0.15, 0.2) is 28.7 Å². The van der Waals surface area contributed by atoms with Crippen molar-refractivity contribution in [2.45, 2.75) is 25.3 Å². The lowest BCUT2D eigenvalue weighted by atomic mass is 10.1. The molecule has 1 aliphatic rings. The van der Waals surface area contributed by atoms with E-state index in [0.29, 0.717) is 16.5 Å². The first-order valence-electron chi connectivity index (χ1n) is 6.50. The Bertz CT molecular complexity index is 683. The van der Waals surface area contributed by atoms with Crippen LogP contribution in [0.3, 0.4) is 0 Å². The second-order valence-electron chi connectivity index (χ2n) is 4.92. The van der Waals surface area contributed by atoms with E-state index in [1.165, 1.54) is 29.7 Å². The van der Waals surface area contributed by atoms with Crippen LogP contribution >= 0.6 is 27.3 Å². The third-order valence-electron chi connectivity index (χ3n) is 3.47. The lowest BCUT2D eigenvalue weighted by Crippen LogP contribution is -2.01. The Morgan fingerprint density at radius 3 is 2.80 bits per heavy atom. The van der Waals surface area contributed by atoms with Gasteiger partial charge in [-0.15, -0.1) is 11.3 Å². The smallest absolute Gasteiger partial charge is 0.130 e. The molecule has 102 valence electrons. The molecule has 3 nitrogen and oxygen atoms in total. The van der Waals surface area contributed by atoms with Crippen molar-refractivity contribution in [1.29, 1.82) is 5.26 Å². The van der Waals surface area contributed by atoms with Gasteiger partial charge in [0.25, 0.3) is 0 Å². The highest BCUT2D eigenvalue weighted by molar-refractivity contribution is 9.10. The summed E-state index contributed by atoms with van der Waals surface area (Å²) in [7, 11) is 0. The zero-order valence-electron chi connectivity index (χ0n) is 10.8. The lowest BCUT2D eigenvalue weighted by Gasteiger charge is -2.08. The summed E-state index contributed by atoms with van der Waals surface area (Å²) in [5.74, 6) is 0.537. The molecule has 0 spiro atoms. The van der Waals surface area contributed by atoms with Gasteiger partial charge in [-0.25, -0.2) is 0 Å². The molecule has 0 unspecified atom stereocenters. The molecule has 0 bridgehead atoms. The molecule has 20 heavy (non-hydrogen) atoms. The van der Waals surface area contributed by atoms with Gasteiger partial charge in [0.2, 0.25) is 0 Å². The van der Waals surface area contributed by atoms with Crippen molar-refractivity contribution in [1.82, 2.24) is 0 Å². The third-order valence-corrected chi connectivity index (χ3v) is 5.33. The fraction of sp³-hybridized carbons (Fsp3) is 0.267. The van der Waals surface area contributed by atoms with Gasteiger partial charge in [0.15, 0.2) is 0 Å². The number of benzene rings is 1. The van der Waals surface area contributed by atoms with Gasteiger partial charge >= 0.3 is 0 Å². The van der Waals surface area contributed by atoms with Crippen LogP contribution in [0.2, 0.25) is 0 Å². The summed E-state index contributed by atoms with van der Waals surface area (Å²) < 4.78 is 1.09. The summed E-state index contributed by atoms with van der Waals surface area (Å²) >= 11 is 5.02. The monoisotopic (exact) mass is 347 g/mol. The van der Waals surface area contributed by atoms with Gasteiger partial charge in [-0.2, -0.15) is 5.26 Å². The largest absolute Gasteiger partial charge is 0.397 e. The fourth-order valence-corrected chi connectivity index (χ4v) is 3.69. The summed E-state index contributed by atoms with van der Waals surface area (Å²) in [6.07, 6.45) is 2.35. The van der Waals surface area contributed by atoms with Gasteiger partial charge in [0, 0.05) is 16.6 Å². The standard InChI is InChI=1S/C15H14BrN3S/c16-11-4-2-1-3-10(11)8-19-15-13(9-5-6-9)14(18)12(7-17)20-15/h1-4,9,19H,5-6,8,18H2. The van der Waals surface area contributed by atoms with Gasteiger partial charge in [-0.1, -0.05) is 34.1 Å². The summed E-state index contributed by atoms with van der Waals surface area (Å²) in [6.45, 7) is 0.728. The van der Waals surface area contributed by atoms with Crippen molar-refractivity contribution < 1.29 is 0 Å². The molecule has 3 rings (SSSR count). The first kappa shape index (κ1) is 13.5. The normalized spacial score (nSPS) is 14.0. The van der Waals surface area contributed by atoms with E-state index in [9.17, 15) is 0 Å². The molecule has 0 radical (unpaired) electrons. The predicted molar refractivity (Wildman–Crippen MR) is 86.9 cm³/mol. The molecule has 0 atom stereocenters. The molecule has 1 aromatic carbocycles. The van der Waals surface area contributed by atoms with Crippen LogP contribution in [0.1, 0.15) is 34.8 Å². The van der Waals surface area contributed by atoms with Crippen molar-refractivity contribution in [2.75, 3.05) is 11.1 Å². The number of hydrogen-bond acceptors (Lipinski definition) is 4. The first-order valence-corrected chi connectivity index (χ1v) is 8.11. The van der Waals surface area contributed by atoms with Gasteiger partial charge < -0.3 is 11.1 Å². The topological polar surface area (TPSA) is 61.8 Å². The summed E-state index contributed by atoms with van der Waals surface area (Å²) in [5.41, 5.74) is 9.11. The number of anilines is 2. The molecule has 3 N–H and O–H groups in total. The summed E-state index contributed by atoms with van der Waals surface area (Å²) in [6, 6.07) is 10.3. The maximum atomic E-state index is 9.13. The minimum atomic E-state index is 0.537. The van der Waals surface area contributed by atoms with E-state index in [0.717, 1.165) is 21.6 Å². The maximum Gasteiger partial charge on any atom is 0.130 e. The molecule has 0 aliphatic heterocycles. The molecule has 1 saturated carbocycles. The molecule has 1 aromatic heterocycles. The van der Waals surface area contributed by atoms with Crippen LogP contribution in [-0.2, 0) is 6.54 Å². The van der Waals surface area contributed by atoms with E-state index in [1.54, 1.807) is 0 Å². The number of nitrogens with zero attached hydrogens (tertiary/aromatic N) is 1. The highest BCUT2D eigenvalue weighted by Gasteiger charge is 2.31. The Hall–Kier alpha value is -1.51. The van der Waals surface area contributed by atoms with Crippen molar-refractivity contribution in [2.24, 2.45) is 0 Å². The number of halogens is 1. The maximum absolute atomic E-state index is 9.13.